The molecule has 1 aromatic rings. The average Bonchev–Trinajstić information content (AvgIpc) is 2.66. The zero-order valence-electron chi connectivity index (χ0n) is 11.9. The number of benzene rings is 1. The van der Waals surface area contributed by atoms with Crippen LogP contribution in [0.25, 0.3) is 0 Å². The Kier molecular flexibility index (Phi) is 2.96. The van der Waals surface area contributed by atoms with Crippen molar-refractivity contribution in [1.29, 1.82) is 0 Å². The van der Waals surface area contributed by atoms with Crippen molar-refractivity contribution in [2.24, 2.45) is 16.7 Å². The number of hydrogen-bond acceptors (Lipinski definition) is 4. The van der Waals surface area contributed by atoms with Gasteiger partial charge in [0.1, 0.15) is 11.4 Å². The first-order valence-electron chi connectivity index (χ1n) is 6.46. The van der Waals surface area contributed by atoms with Crippen LogP contribution in [-0.4, -0.2) is 11.5 Å². The fraction of sp³-hybridized carbons (Fsp3) is 0.571. The molecule has 0 aromatic heterocycles. The number of nitro groups is 1. The maximum atomic E-state index is 11.0. The Hall–Kier alpha value is -1.78. The molecule has 0 amide bonds. The number of hydrogen-bond donors (Lipinski definition) is 2. The number of anilines is 2. The van der Waals surface area contributed by atoms with Gasteiger partial charge in [0.25, 0.3) is 0 Å². The zero-order valence-corrected chi connectivity index (χ0v) is 11.9. The van der Waals surface area contributed by atoms with Crippen molar-refractivity contribution in [3.05, 3.63) is 28.3 Å². The Morgan fingerprint density at radius 1 is 1.32 bits per heavy atom. The summed E-state index contributed by atoms with van der Waals surface area (Å²) in [5.74, 6) is 0.501. The smallest absolute Gasteiger partial charge is 0.314 e. The van der Waals surface area contributed by atoms with E-state index in [4.69, 9.17) is 5.73 Å². The molecule has 104 valence electrons. The lowest BCUT2D eigenvalue weighted by Gasteiger charge is -2.09. The van der Waals surface area contributed by atoms with Crippen molar-refractivity contribution in [3.8, 4) is 0 Å². The standard InChI is InChI=1S/C14H21N3O2/c1-13(2)11(14(13,3)4)8-16-10-7-5-6-9(15)12(10)17(18)19/h5-7,11,16H,8,15H2,1-4H3. The largest absolute Gasteiger partial charge is 0.393 e. The Morgan fingerprint density at radius 3 is 2.37 bits per heavy atom. The Morgan fingerprint density at radius 2 is 1.89 bits per heavy atom. The molecule has 0 aliphatic heterocycles. The minimum absolute atomic E-state index is 0.0289. The third-order valence-corrected chi connectivity index (χ3v) is 5.07. The molecule has 0 unspecified atom stereocenters. The molecular formula is C14H21N3O2. The number of nitrogens with one attached hydrogen (secondary N) is 1. The van der Waals surface area contributed by atoms with Gasteiger partial charge in [0.05, 0.1) is 4.92 Å². The highest BCUT2D eigenvalue weighted by molar-refractivity contribution is 5.74. The van der Waals surface area contributed by atoms with Gasteiger partial charge in [0.2, 0.25) is 0 Å². The van der Waals surface area contributed by atoms with Crippen molar-refractivity contribution in [3.63, 3.8) is 0 Å². The van der Waals surface area contributed by atoms with E-state index >= 15 is 0 Å². The summed E-state index contributed by atoms with van der Waals surface area (Å²) >= 11 is 0. The quantitative estimate of drug-likeness (QED) is 0.496. The van der Waals surface area contributed by atoms with Crippen molar-refractivity contribution < 1.29 is 4.92 Å². The van der Waals surface area contributed by atoms with Crippen molar-refractivity contribution in [2.45, 2.75) is 27.7 Å². The number of nitrogens with two attached hydrogens (primary N) is 1. The molecule has 3 N–H and O–H groups in total. The topological polar surface area (TPSA) is 81.2 Å². The minimum atomic E-state index is -0.430. The summed E-state index contributed by atoms with van der Waals surface area (Å²) in [4.78, 5) is 10.6. The summed E-state index contributed by atoms with van der Waals surface area (Å²) in [5.41, 5.74) is 6.86. The molecule has 1 saturated carbocycles. The van der Waals surface area contributed by atoms with Crippen molar-refractivity contribution in [1.82, 2.24) is 0 Å². The molecular weight excluding hydrogens is 242 g/mol. The van der Waals surface area contributed by atoms with Crippen molar-refractivity contribution in [2.75, 3.05) is 17.6 Å². The van der Waals surface area contributed by atoms with Crippen LogP contribution >= 0.6 is 0 Å². The second kappa shape index (κ2) is 4.11. The third kappa shape index (κ3) is 2.03. The lowest BCUT2D eigenvalue weighted by atomic mass is 10.0. The molecule has 1 aliphatic carbocycles. The zero-order chi connectivity index (χ0) is 14.4. The van der Waals surface area contributed by atoms with Crippen LogP contribution in [0, 0.1) is 26.9 Å². The van der Waals surface area contributed by atoms with Gasteiger partial charge in [-0.15, -0.1) is 0 Å². The van der Waals surface area contributed by atoms with Crippen LogP contribution in [0.1, 0.15) is 27.7 Å². The highest BCUT2D eigenvalue weighted by Gasteiger charge is 2.64. The van der Waals surface area contributed by atoms with Crippen LogP contribution < -0.4 is 11.1 Å². The first kappa shape index (κ1) is 13.6. The summed E-state index contributed by atoms with van der Waals surface area (Å²) in [6, 6.07) is 4.99. The lowest BCUT2D eigenvalue weighted by molar-refractivity contribution is -0.383. The first-order valence-corrected chi connectivity index (χ1v) is 6.46. The van der Waals surface area contributed by atoms with Gasteiger partial charge in [-0.3, -0.25) is 10.1 Å². The molecule has 1 aromatic carbocycles. The predicted octanol–water partition coefficient (Wildman–Crippen LogP) is 3.27. The molecule has 19 heavy (non-hydrogen) atoms. The molecule has 0 saturated heterocycles. The van der Waals surface area contributed by atoms with Crippen LogP contribution in [0.2, 0.25) is 0 Å². The van der Waals surface area contributed by atoms with E-state index in [0.29, 0.717) is 11.6 Å². The maximum absolute atomic E-state index is 11.0. The highest BCUT2D eigenvalue weighted by atomic mass is 16.6. The molecule has 0 radical (unpaired) electrons. The molecule has 2 rings (SSSR count). The minimum Gasteiger partial charge on any atom is -0.393 e. The first-order chi connectivity index (χ1) is 8.69. The summed E-state index contributed by atoms with van der Waals surface area (Å²) in [5, 5.41) is 14.2. The van der Waals surface area contributed by atoms with E-state index in [1.165, 1.54) is 0 Å². The molecule has 0 bridgehead atoms. The van der Waals surface area contributed by atoms with E-state index in [-0.39, 0.29) is 22.2 Å². The average molecular weight is 263 g/mol. The Bertz CT molecular complexity index is 509. The molecule has 5 nitrogen and oxygen atoms in total. The van der Waals surface area contributed by atoms with Gasteiger partial charge in [-0.2, -0.15) is 0 Å². The SMILES string of the molecule is CC1(C)C(CNc2cccc(N)c2[N+](=O)[O-])C1(C)C. The molecule has 0 spiro atoms. The van der Waals surface area contributed by atoms with Gasteiger partial charge in [0.15, 0.2) is 0 Å². The van der Waals surface area contributed by atoms with Crippen molar-refractivity contribution >= 4 is 17.1 Å². The highest BCUT2D eigenvalue weighted by Crippen LogP contribution is 2.68. The van der Waals surface area contributed by atoms with Gasteiger partial charge >= 0.3 is 5.69 Å². The van der Waals surface area contributed by atoms with E-state index < -0.39 is 4.92 Å². The monoisotopic (exact) mass is 263 g/mol. The van der Waals surface area contributed by atoms with Crippen LogP contribution in [0.5, 0.6) is 0 Å². The summed E-state index contributed by atoms with van der Waals surface area (Å²) in [6.07, 6.45) is 0. The molecule has 5 heteroatoms. The van der Waals surface area contributed by atoms with E-state index in [2.05, 4.69) is 33.0 Å². The number of nitrogens with zero attached hydrogens (tertiary/aromatic N) is 1. The summed E-state index contributed by atoms with van der Waals surface area (Å²) < 4.78 is 0. The lowest BCUT2D eigenvalue weighted by Crippen LogP contribution is -2.10. The number of rotatable bonds is 4. The van der Waals surface area contributed by atoms with Gasteiger partial charge in [0, 0.05) is 6.54 Å². The molecule has 1 fully saturated rings. The maximum Gasteiger partial charge on any atom is 0.314 e. The van der Waals surface area contributed by atoms with E-state index in [0.717, 1.165) is 6.54 Å². The van der Waals surface area contributed by atoms with Crippen LogP contribution in [-0.2, 0) is 0 Å². The van der Waals surface area contributed by atoms with Crippen LogP contribution in [0.15, 0.2) is 18.2 Å². The Labute approximate surface area is 113 Å². The van der Waals surface area contributed by atoms with Gasteiger partial charge in [-0.1, -0.05) is 33.8 Å². The van der Waals surface area contributed by atoms with E-state index in [1.807, 2.05) is 0 Å². The molecule has 1 aliphatic rings. The summed E-state index contributed by atoms with van der Waals surface area (Å²) in [6.45, 7) is 9.64. The van der Waals surface area contributed by atoms with E-state index in [1.54, 1.807) is 18.2 Å². The van der Waals surface area contributed by atoms with Gasteiger partial charge in [-0.05, 0) is 28.9 Å². The fourth-order valence-electron chi connectivity index (χ4n) is 2.96. The van der Waals surface area contributed by atoms with Crippen LogP contribution in [0.3, 0.4) is 0 Å². The molecule has 0 atom stereocenters. The normalized spacial score (nSPS) is 20.0. The molecule has 0 heterocycles. The second-order valence-corrected chi connectivity index (χ2v) is 6.38. The predicted molar refractivity (Wildman–Crippen MR) is 77.1 cm³/mol. The third-order valence-electron chi connectivity index (χ3n) is 5.07. The second-order valence-electron chi connectivity index (χ2n) is 6.38. The summed E-state index contributed by atoms with van der Waals surface area (Å²) in [7, 11) is 0. The number of nitro benzene ring substituents is 1. The van der Waals surface area contributed by atoms with Gasteiger partial charge in [-0.25, -0.2) is 0 Å². The van der Waals surface area contributed by atoms with Crippen LogP contribution in [0.4, 0.5) is 17.1 Å². The fourth-order valence-corrected chi connectivity index (χ4v) is 2.96. The van der Waals surface area contributed by atoms with E-state index in [9.17, 15) is 10.1 Å². The Balaban J connectivity index is 2.14. The number of nitrogen functional groups attached to an aromatic ring is 1. The number of para-hydroxylation sites is 1. The van der Waals surface area contributed by atoms with Gasteiger partial charge < -0.3 is 11.1 Å².